The van der Waals surface area contributed by atoms with Crippen molar-refractivity contribution in [3.8, 4) is 23.0 Å². The van der Waals surface area contributed by atoms with Gasteiger partial charge in [-0.25, -0.2) is 9.78 Å². The molecule has 2 fully saturated rings. The van der Waals surface area contributed by atoms with Crippen molar-refractivity contribution in [1.82, 2.24) is 15.2 Å². The largest absolute Gasteiger partial charge is 0.508 e. The number of aromatic hydroxyl groups is 2. The summed E-state index contributed by atoms with van der Waals surface area (Å²) >= 11 is 10.9. The summed E-state index contributed by atoms with van der Waals surface area (Å²) in [5.74, 6) is 2.08. The maximum Gasteiger partial charge on any atom is 0.410 e. The number of halogens is 1. The molecule has 1 aromatic heterocycles. The molecule has 3 atom stereocenters. The number of aryl methyl sites for hydroxylation is 2. The molecule has 2 aliphatic rings. The molecule has 75 heavy (non-hydrogen) atoms. The number of thiocarbonyl (C=S) groups is 1. The van der Waals surface area contributed by atoms with Gasteiger partial charge in [-0.2, -0.15) is 4.99 Å². The van der Waals surface area contributed by atoms with Crippen molar-refractivity contribution in [1.29, 1.82) is 0 Å². The molecule has 2 aliphatic heterocycles. The number of carbonyl (C=O) groups is 3. The number of hydrogen-bond donors (Lipinski definition) is 7. The highest BCUT2D eigenvalue weighted by Crippen LogP contribution is 2.32. The van der Waals surface area contributed by atoms with E-state index in [4.69, 9.17) is 37.9 Å². The number of phenols is 2. The van der Waals surface area contributed by atoms with Crippen LogP contribution in [0, 0.1) is 0 Å². The van der Waals surface area contributed by atoms with Crippen molar-refractivity contribution in [2.75, 3.05) is 53.4 Å². The van der Waals surface area contributed by atoms with Gasteiger partial charge in [0.15, 0.2) is 21.2 Å². The van der Waals surface area contributed by atoms with Crippen LogP contribution in [0.4, 0.5) is 27.1 Å². The Balaban J connectivity index is 0.000000223. The van der Waals surface area contributed by atoms with Crippen LogP contribution in [0.15, 0.2) is 89.9 Å². The zero-order valence-corrected chi connectivity index (χ0v) is 48.3. The van der Waals surface area contributed by atoms with E-state index in [2.05, 4.69) is 51.1 Å². The molecule has 2 saturated heterocycles. The van der Waals surface area contributed by atoms with Gasteiger partial charge in [0.05, 0.1) is 11.9 Å². The molecule has 0 aliphatic carbocycles. The summed E-state index contributed by atoms with van der Waals surface area (Å²) in [6.07, 6.45) is 7.14. The quantitative estimate of drug-likeness (QED) is 0.0121. The van der Waals surface area contributed by atoms with Gasteiger partial charge < -0.3 is 56.7 Å². The average Bonchev–Trinajstić information content (AvgIpc) is 3.75. The number of Topliss-reactive ketones (excluding diaryl/α,β-unsaturated/α-hetero) is 1. The molecule has 3 unspecified atom stereocenters. The van der Waals surface area contributed by atoms with Crippen molar-refractivity contribution in [2.24, 2.45) is 10.7 Å². The number of amides is 1. The molecule has 4 aromatic carbocycles. The van der Waals surface area contributed by atoms with Crippen LogP contribution in [-0.2, 0) is 17.6 Å². The monoisotopic (exact) mass is 1160 g/mol. The molecule has 0 radical (unpaired) electrons. The van der Waals surface area contributed by atoms with Gasteiger partial charge in [-0.05, 0) is 174 Å². The molecule has 1 amide bonds. The van der Waals surface area contributed by atoms with Crippen molar-refractivity contribution in [3.05, 3.63) is 112 Å². The van der Waals surface area contributed by atoms with Crippen molar-refractivity contribution >= 4 is 111 Å². The van der Waals surface area contributed by atoms with Crippen molar-refractivity contribution in [2.45, 2.75) is 104 Å². The molecule has 9 N–H and O–H groups in total. The maximum atomic E-state index is 13.0. The molecule has 7 rings (SSSR count). The Morgan fingerprint density at radius 1 is 0.907 bits per heavy atom. The Kier molecular flexibility index (Phi) is 24.4. The number of ether oxygens (including phenoxy) is 3. The second-order valence-corrected chi connectivity index (χ2v) is 22.6. The van der Waals surface area contributed by atoms with Gasteiger partial charge in [0, 0.05) is 41.1 Å². The average molecular weight is 1170 g/mol. The van der Waals surface area contributed by atoms with E-state index in [0.717, 1.165) is 97.5 Å². The zero-order chi connectivity index (χ0) is 54.5. The Bertz CT molecular complexity index is 2700. The SMILES string of the molecule is CC(C)(C)OC(=O)N1CCCC(Oc2ccc(NC(=S)N=C(N)SCP)cc2)C1.CCCc1cc(C(=O)CBr)ccc1O.CCCc1cc(C(=O)c2sc(Nc3ccc(OC4CCCNC4)cc3)nc2N)ccc1O. The number of alkyl halides is 1. The third-order valence-electron chi connectivity index (χ3n) is 11.3. The van der Waals surface area contributed by atoms with Crippen LogP contribution in [0.2, 0.25) is 0 Å². The van der Waals surface area contributed by atoms with E-state index in [1.807, 2.05) is 83.1 Å². The minimum absolute atomic E-state index is 0.0438. The number of nitrogens with two attached hydrogens (primary N) is 2. The number of ketones is 2. The molecule has 21 heteroatoms. The highest BCUT2D eigenvalue weighted by atomic mass is 79.9. The van der Waals surface area contributed by atoms with Gasteiger partial charge in [0.1, 0.15) is 51.5 Å². The summed E-state index contributed by atoms with van der Waals surface area (Å²) in [7, 11) is 2.57. The van der Waals surface area contributed by atoms with Crippen LogP contribution in [0.5, 0.6) is 23.0 Å². The van der Waals surface area contributed by atoms with E-state index < -0.39 is 5.60 Å². The van der Waals surface area contributed by atoms with E-state index in [0.29, 0.717) is 56.3 Å². The number of phenolic OH excluding ortho intramolecular Hbond substituents is 2. The number of nitrogens with one attached hydrogen (secondary N) is 3. The number of piperidine rings is 2. The van der Waals surface area contributed by atoms with Crippen LogP contribution >= 0.6 is 60.5 Å². The molecule has 0 saturated carbocycles. The lowest BCUT2D eigenvalue weighted by Gasteiger charge is -2.34. The lowest BCUT2D eigenvalue weighted by Crippen LogP contribution is -2.46. The fourth-order valence-corrected chi connectivity index (χ4v) is 10.0. The number of thioether (sulfide) groups is 1. The number of benzene rings is 4. The number of anilines is 4. The minimum Gasteiger partial charge on any atom is -0.508 e. The van der Waals surface area contributed by atoms with E-state index in [9.17, 15) is 24.6 Å². The number of thiazole rings is 1. The summed E-state index contributed by atoms with van der Waals surface area (Å²) in [5.41, 5.74) is 16.4. The first-order chi connectivity index (χ1) is 35.9. The number of nitrogen functional groups attached to an aromatic ring is 1. The molecular formula is C54H70BrN8O8PS3. The van der Waals surface area contributed by atoms with Crippen LogP contribution in [-0.4, -0.2) is 103 Å². The van der Waals surface area contributed by atoms with Gasteiger partial charge in [0.2, 0.25) is 5.78 Å². The third kappa shape index (κ3) is 20.2. The van der Waals surface area contributed by atoms with Gasteiger partial charge in [-0.3, -0.25) is 9.59 Å². The van der Waals surface area contributed by atoms with E-state index in [-0.39, 0.29) is 47.2 Å². The fraction of sp³-hybridized carbons (Fsp3) is 0.407. The summed E-state index contributed by atoms with van der Waals surface area (Å²) in [4.78, 5) is 47.2. The second kappa shape index (κ2) is 30.3. The van der Waals surface area contributed by atoms with E-state index in [1.54, 1.807) is 41.3 Å². The third-order valence-corrected chi connectivity index (χ3v) is 14.0. The zero-order valence-electron chi connectivity index (χ0n) is 43.2. The number of carbonyl (C=O) groups excluding carboxylic acids is 3. The maximum absolute atomic E-state index is 13.0. The lowest BCUT2D eigenvalue weighted by molar-refractivity contribution is 0.00774. The van der Waals surface area contributed by atoms with Gasteiger partial charge in [-0.1, -0.05) is 65.7 Å². The topological polar surface area (TPSA) is 236 Å². The normalized spacial score (nSPS) is 15.5. The van der Waals surface area contributed by atoms with Crippen LogP contribution < -0.4 is 36.9 Å². The van der Waals surface area contributed by atoms with E-state index in [1.165, 1.54) is 23.1 Å². The number of hydrogen-bond acceptors (Lipinski definition) is 15. The smallest absolute Gasteiger partial charge is 0.410 e. The molecule has 16 nitrogen and oxygen atoms in total. The van der Waals surface area contributed by atoms with Crippen molar-refractivity contribution in [3.63, 3.8) is 0 Å². The summed E-state index contributed by atoms with van der Waals surface area (Å²) < 4.78 is 17.5. The Morgan fingerprint density at radius 2 is 1.49 bits per heavy atom. The Labute approximate surface area is 464 Å². The standard InChI is InChI=1S/C24H28N4O3S.C19H29N4O3PS2.C11H13BrO2/c1-2-4-15-13-16(6-11-20(15)29)21(30)22-23(25)28-24(32-22)27-17-7-9-18(10-8-17)31-19-5-3-12-26-14-19;1-19(2,3)26-18(24)23-10-4-5-15(11-23)25-14-8-6-13(7-9-14)21-17(28)22-16(20)29-12-27;1-2-3-8-6-9(11(14)7-12)4-5-10(8)13/h6-11,13,19,26,29H,2-5,12,14,25H2,1H3,(H,27,28);6-9,15H,4-5,10-12,27H2,1-3H3,(H3,20,21,22,28);4-6,13H,2-3,7H2,1H3. The minimum atomic E-state index is -0.503. The summed E-state index contributed by atoms with van der Waals surface area (Å²) in [6, 6.07) is 25.0. The number of aliphatic imine (C=N–C) groups is 1. The molecular weight excluding hydrogens is 1100 g/mol. The summed E-state index contributed by atoms with van der Waals surface area (Å²) in [5, 5.41) is 30.7. The second-order valence-electron chi connectivity index (χ2n) is 18.6. The number of nitrogens with zero attached hydrogens (tertiary/aromatic N) is 3. The first-order valence-electron chi connectivity index (χ1n) is 24.9. The molecule has 404 valence electrons. The predicted octanol–water partition coefficient (Wildman–Crippen LogP) is 11.5. The van der Waals surface area contributed by atoms with Crippen LogP contribution in [0.1, 0.15) is 110 Å². The van der Waals surface area contributed by atoms with Crippen LogP contribution in [0.25, 0.3) is 0 Å². The van der Waals surface area contributed by atoms with Gasteiger partial charge in [-0.15, -0.1) is 9.24 Å². The highest BCUT2D eigenvalue weighted by molar-refractivity contribution is 9.09. The first kappa shape index (κ1) is 60.4. The Morgan fingerprint density at radius 3 is 2.07 bits per heavy atom. The van der Waals surface area contributed by atoms with Gasteiger partial charge >= 0.3 is 6.09 Å². The molecule has 0 spiro atoms. The lowest BCUT2D eigenvalue weighted by atomic mass is 10.0. The predicted molar refractivity (Wildman–Crippen MR) is 316 cm³/mol. The number of likely N-dealkylation sites (tertiary alicyclic amines) is 1. The number of aromatic nitrogens is 1. The Hall–Kier alpha value is -5.50. The van der Waals surface area contributed by atoms with Gasteiger partial charge in [0.25, 0.3) is 0 Å². The van der Waals surface area contributed by atoms with E-state index >= 15 is 0 Å². The first-order valence-corrected chi connectivity index (χ1v) is 29.0. The number of rotatable bonds is 16. The van der Waals surface area contributed by atoms with Crippen molar-refractivity contribution < 1.29 is 38.8 Å². The number of amidine groups is 1. The highest BCUT2D eigenvalue weighted by Gasteiger charge is 2.29. The fourth-order valence-electron chi connectivity index (χ4n) is 7.74. The molecule has 0 bridgehead atoms. The molecule has 5 aromatic rings. The summed E-state index contributed by atoms with van der Waals surface area (Å²) in [6.45, 7) is 12.8. The van der Waals surface area contributed by atoms with Crippen LogP contribution in [0.3, 0.4) is 0 Å². The molecule has 3 heterocycles.